The first kappa shape index (κ1) is 13.4. The Kier molecular flexibility index (Phi) is 3.67. The lowest BCUT2D eigenvalue weighted by Gasteiger charge is -2.34. The molecule has 2 bridgehead atoms. The molecule has 0 aromatic heterocycles. The van der Waals surface area contributed by atoms with Crippen LogP contribution in [0.2, 0.25) is 0 Å². The number of amidine groups is 1. The van der Waals surface area contributed by atoms with Gasteiger partial charge in [0.15, 0.2) is 5.84 Å². The molecule has 2 aliphatic heterocycles. The van der Waals surface area contributed by atoms with E-state index in [4.69, 9.17) is 15.7 Å². The molecule has 2 rings (SSSR count). The van der Waals surface area contributed by atoms with Gasteiger partial charge in [-0.2, -0.15) is 13.2 Å². The van der Waals surface area contributed by atoms with Gasteiger partial charge in [-0.05, 0) is 12.8 Å². The zero-order chi connectivity index (χ0) is 13.3. The van der Waals surface area contributed by atoms with Gasteiger partial charge in [-0.25, -0.2) is 0 Å². The Balaban J connectivity index is 2.01. The van der Waals surface area contributed by atoms with Gasteiger partial charge in [0, 0.05) is 19.6 Å². The number of rotatable bonds is 3. The van der Waals surface area contributed by atoms with E-state index in [1.165, 1.54) is 0 Å². The van der Waals surface area contributed by atoms with Gasteiger partial charge in [-0.15, -0.1) is 0 Å². The second kappa shape index (κ2) is 4.93. The standard InChI is InChI=1S/C10H16F3N3O2/c11-10(12,13)8(9(14)15-17)5-16-3-6-1-2-7(4-16)18-6/h6-8,17H,1-5H2,(H2,14,15). The lowest BCUT2D eigenvalue weighted by molar-refractivity contribution is -0.164. The molecular weight excluding hydrogens is 251 g/mol. The Morgan fingerprint density at radius 2 is 1.94 bits per heavy atom. The van der Waals surface area contributed by atoms with Crippen molar-refractivity contribution in [3.05, 3.63) is 0 Å². The van der Waals surface area contributed by atoms with Crippen LogP contribution in [-0.4, -0.2) is 54.0 Å². The first-order valence-electron chi connectivity index (χ1n) is 5.82. The molecule has 0 aromatic rings. The Bertz CT molecular complexity index is 323. The second-order valence-corrected chi connectivity index (χ2v) is 4.80. The summed E-state index contributed by atoms with van der Waals surface area (Å²) in [7, 11) is 0. The smallest absolute Gasteiger partial charge is 0.400 e. The van der Waals surface area contributed by atoms with Gasteiger partial charge in [0.05, 0.1) is 12.2 Å². The molecule has 3 N–H and O–H groups in total. The van der Waals surface area contributed by atoms with Crippen molar-refractivity contribution in [3.63, 3.8) is 0 Å². The van der Waals surface area contributed by atoms with Gasteiger partial charge in [0.2, 0.25) is 0 Å². The minimum atomic E-state index is -4.51. The molecule has 8 heteroatoms. The Morgan fingerprint density at radius 3 is 2.39 bits per heavy atom. The van der Waals surface area contributed by atoms with Gasteiger partial charge in [-0.1, -0.05) is 5.16 Å². The van der Waals surface area contributed by atoms with Gasteiger partial charge in [0.1, 0.15) is 5.92 Å². The molecule has 3 unspecified atom stereocenters. The second-order valence-electron chi connectivity index (χ2n) is 4.80. The van der Waals surface area contributed by atoms with E-state index < -0.39 is 17.9 Å². The third-order valence-electron chi connectivity index (χ3n) is 3.43. The van der Waals surface area contributed by atoms with E-state index in [0.717, 1.165) is 12.8 Å². The average molecular weight is 267 g/mol. The molecule has 5 nitrogen and oxygen atoms in total. The fourth-order valence-corrected chi connectivity index (χ4v) is 2.54. The summed E-state index contributed by atoms with van der Waals surface area (Å²) < 4.78 is 43.9. The van der Waals surface area contributed by atoms with Crippen molar-refractivity contribution in [1.29, 1.82) is 0 Å². The van der Waals surface area contributed by atoms with E-state index in [2.05, 4.69) is 5.16 Å². The first-order chi connectivity index (χ1) is 8.40. The van der Waals surface area contributed by atoms with Crippen LogP contribution in [0.25, 0.3) is 0 Å². The summed E-state index contributed by atoms with van der Waals surface area (Å²) in [5, 5.41) is 10.9. The lowest BCUT2D eigenvalue weighted by Crippen LogP contribution is -2.50. The summed E-state index contributed by atoms with van der Waals surface area (Å²) in [6.07, 6.45) is -2.69. The van der Waals surface area contributed by atoms with Crippen molar-refractivity contribution in [1.82, 2.24) is 4.90 Å². The molecular formula is C10H16F3N3O2. The van der Waals surface area contributed by atoms with Crippen LogP contribution in [0.4, 0.5) is 13.2 Å². The van der Waals surface area contributed by atoms with E-state index in [9.17, 15) is 13.2 Å². The summed E-state index contributed by atoms with van der Waals surface area (Å²) in [4.78, 5) is 1.68. The zero-order valence-electron chi connectivity index (χ0n) is 9.73. The number of ether oxygens (including phenoxy) is 1. The van der Waals surface area contributed by atoms with Gasteiger partial charge < -0.3 is 15.7 Å². The van der Waals surface area contributed by atoms with E-state index in [1.807, 2.05) is 0 Å². The Hall–Kier alpha value is -1.02. The quantitative estimate of drug-likeness (QED) is 0.343. The number of hydrogen-bond acceptors (Lipinski definition) is 4. The van der Waals surface area contributed by atoms with Crippen LogP contribution in [0, 0.1) is 5.92 Å². The summed E-state index contributed by atoms with van der Waals surface area (Å²) in [5.74, 6) is -2.72. The van der Waals surface area contributed by atoms with Crippen LogP contribution in [-0.2, 0) is 4.74 Å². The van der Waals surface area contributed by atoms with E-state index in [-0.39, 0.29) is 18.8 Å². The van der Waals surface area contributed by atoms with Gasteiger partial charge in [-0.3, -0.25) is 4.90 Å². The number of nitrogens with zero attached hydrogens (tertiary/aromatic N) is 2. The Labute approximate surface area is 102 Å². The van der Waals surface area contributed by atoms with Crippen LogP contribution in [0.15, 0.2) is 5.16 Å². The molecule has 0 spiro atoms. The minimum Gasteiger partial charge on any atom is -0.409 e. The number of alkyl halides is 3. The average Bonchev–Trinajstić information content (AvgIpc) is 2.63. The highest BCUT2D eigenvalue weighted by Gasteiger charge is 2.45. The molecule has 0 radical (unpaired) electrons. The fourth-order valence-electron chi connectivity index (χ4n) is 2.54. The van der Waals surface area contributed by atoms with Crippen molar-refractivity contribution in [2.75, 3.05) is 19.6 Å². The third-order valence-corrected chi connectivity index (χ3v) is 3.43. The van der Waals surface area contributed by atoms with Gasteiger partial charge in [0.25, 0.3) is 0 Å². The van der Waals surface area contributed by atoms with Crippen molar-refractivity contribution in [3.8, 4) is 0 Å². The molecule has 2 heterocycles. The first-order valence-corrected chi connectivity index (χ1v) is 5.82. The molecule has 2 aliphatic rings. The lowest BCUT2D eigenvalue weighted by atomic mass is 10.1. The summed E-state index contributed by atoms with van der Waals surface area (Å²) in [5.41, 5.74) is 5.13. The predicted octanol–water partition coefficient (Wildman–Crippen LogP) is 0.774. The van der Waals surface area contributed by atoms with E-state index >= 15 is 0 Å². The van der Waals surface area contributed by atoms with Crippen LogP contribution in [0.3, 0.4) is 0 Å². The van der Waals surface area contributed by atoms with Crippen LogP contribution in [0.5, 0.6) is 0 Å². The number of nitrogens with two attached hydrogens (primary N) is 1. The summed E-state index contributed by atoms with van der Waals surface area (Å²) >= 11 is 0. The highest BCUT2D eigenvalue weighted by atomic mass is 19.4. The highest BCUT2D eigenvalue weighted by molar-refractivity contribution is 5.83. The van der Waals surface area contributed by atoms with Crippen molar-refractivity contribution in [2.45, 2.75) is 31.2 Å². The summed E-state index contributed by atoms with van der Waals surface area (Å²) in [6.45, 7) is 0.666. The minimum absolute atomic E-state index is 0.0184. The van der Waals surface area contributed by atoms with Crippen molar-refractivity contribution < 1.29 is 23.1 Å². The van der Waals surface area contributed by atoms with Crippen molar-refractivity contribution >= 4 is 5.84 Å². The highest BCUT2D eigenvalue weighted by Crippen LogP contribution is 2.31. The third kappa shape index (κ3) is 2.86. The fraction of sp³-hybridized carbons (Fsp3) is 0.900. The van der Waals surface area contributed by atoms with Crippen LogP contribution < -0.4 is 5.73 Å². The number of halogens is 3. The Morgan fingerprint density at radius 1 is 1.39 bits per heavy atom. The van der Waals surface area contributed by atoms with E-state index in [1.54, 1.807) is 4.90 Å². The largest absolute Gasteiger partial charge is 0.409 e. The molecule has 3 atom stereocenters. The molecule has 2 fully saturated rings. The number of hydrogen-bond donors (Lipinski definition) is 2. The number of likely N-dealkylation sites (tertiary alicyclic amines) is 1. The molecule has 18 heavy (non-hydrogen) atoms. The van der Waals surface area contributed by atoms with Crippen LogP contribution >= 0.6 is 0 Å². The molecule has 104 valence electrons. The molecule has 0 aromatic carbocycles. The van der Waals surface area contributed by atoms with E-state index in [0.29, 0.717) is 13.1 Å². The molecule has 0 aliphatic carbocycles. The summed E-state index contributed by atoms with van der Waals surface area (Å²) in [6, 6.07) is 0. The zero-order valence-corrected chi connectivity index (χ0v) is 9.73. The maximum Gasteiger partial charge on any atom is 0.400 e. The maximum absolute atomic E-state index is 12.8. The molecule has 0 amide bonds. The number of oxime groups is 1. The van der Waals surface area contributed by atoms with Crippen LogP contribution in [0.1, 0.15) is 12.8 Å². The molecule has 0 saturated carbocycles. The van der Waals surface area contributed by atoms with Crippen molar-refractivity contribution in [2.24, 2.45) is 16.8 Å². The topological polar surface area (TPSA) is 71.1 Å². The normalized spacial score (nSPS) is 31.6. The SMILES string of the molecule is NC(=NO)C(CN1CC2CCC(C1)O2)C(F)(F)F. The number of morpholine rings is 1. The molecule has 2 saturated heterocycles. The van der Waals surface area contributed by atoms with Gasteiger partial charge >= 0.3 is 6.18 Å². The monoisotopic (exact) mass is 267 g/mol. The predicted molar refractivity (Wildman–Crippen MR) is 57.3 cm³/mol. The number of fused-ring (bicyclic) bond motifs is 2. The maximum atomic E-state index is 12.8.